The molecule has 9 heteroatoms. The van der Waals surface area contributed by atoms with Gasteiger partial charge in [-0.15, -0.1) is 0 Å². The number of phenolic OH excluding ortho intramolecular Hbond substituents is 1. The molecule has 0 saturated heterocycles. The first-order valence-corrected chi connectivity index (χ1v) is 6.21. The Balaban J connectivity index is 2.27. The van der Waals surface area contributed by atoms with Gasteiger partial charge >= 0.3 is 6.18 Å². The predicted molar refractivity (Wildman–Crippen MR) is 77.4 cm³/mol. The number of aromatic hydroxyl groups is 1. The number of anilines is 1. The molecule has 0 aromatic heterocycles. The van der Waals surface area contributed by atoms with E-state index >= 15 is 0 Å². The van der Waals surface area contributed by atoms with E-state index in [0.29, 0.717) is 11.6 Å². The summed E-state index contributed by atoms with van der Waals surface area (Å²) >= 11 is 0. The Kier molecular flexibility index (Phi) is 4.49. The topological polar surface area (TPSA) is 87.8 Å². The molecule has 0 aliphatic heterocycles. The van der Waals surface area contributed by atoms with Crippen LogP contribution in [-0.2, 0) is 6.18 Å². The van der Waals surface area contributed by atoms with Gasteiger partial charge in [-0.25, -0.2) is 0 Å². The Bertz CT molecular complexity index is 760. The number of hydrazone groups is 1. The molecule has 0 aliphatic rings. The van der Waals surface area contributed by atoms with E-state index in [1.807, 2.05) is 0 Å². The molecular weight excluding hydrogens is 315 g/mol. The SMILES string of the molecule is O=[N+]([O-])c1ccc(N/N=C/c2cccc(O)c2)c(C(F)(F)F)c1. The van der Waals surface area contributed by atoms with Crippen LogP contribution in [0.15, 0.2) is 47.6 Å². The van der Waals surface area contributed by atoms with Crippen molar-refractivity contribution in [3.63, 3.8) is 0 Å². The maximum absolute atomic E-state index is 12.9. The molecule has 120 valence electrons. The predicted octanol–water partition coefficient (Wildman–Crippen LogP) is 3.77. The molecule has 0 heterocycles. The number of hydrogen-bond acceptors (Lipinski definition) is 5. The van der Waals surface area contributed by atoms with E-state index in [9.17, 15) is 28.4 Å². The zero-order chi connectivity index (χ0) is 17.0. The van der Waals surface area contributed by atoms with Crippen LogP contribution in [0.5, 0.6) is 5.75 Å². The third-order valence-electron chi connectivity index (χ3n) is 2.79. The number of alkyl halides is 3. The molecule has 0 bridgehead atoms. The lowest BCUT2D eigenvalue weighted by Crippen LogP contribution is -2.09. The summed E-state index contributed by atoms with van der Waals surface area (Å²) in [6.07, 6.45) is -3.56. The highest BCUT2D eigenvalue weighted by molar-refractivity contribution is 5.80. The van der Waals surface area contributed by atoms with Crippen molar-refractivity contribution in [2.75, 3.05) is 5.43 Å². The molecule has 0 atom stereocenters. The quantitative estimate of drug-likeness (QED) is 0.509. The Morgan fingerprint density at radius 1 is 1.22 bits per heavy atom. The van der Waals surface area contributed by atoms with Crippen LogP contribution < -0.4 is 5.43 Å². The number of nitrogens with one attached hydrogen (secondary N) is 1. The van der Waals surface area contributed by atoms with Crippen LogP contribution in [0, 0.1) is 10.1 Å². The Labute approximate surface area is 128 Å². The third kappa shape index (κ3) is 4.19. The lowest BCUT2D eigenvalue weighted by molar-refractivity contribution is -0.385. The Hall–Kier alpha value is -3.10. The van der Waals surface area contributed by atoms with Gasteiger partial charge in [0.2, 0.25) is 0 Å². The minimum atomic E-state index is -4.77. The number of phenols is 1. The van der Waals surface area contributed by atoms with Crippen LogP contribution in [0.3, 0.4) is 0 Å². The van der Waals surface area contributed by atoms with Gasteiger partial charge in [0.25, 0.3) is 5.69 Å². The molecule has 0 spiro atoms. The molecular formula is C14H10F3N3O3. The first-order valence-electron chi connectivity index (χ1n) is 6.21. The Morgan fingerprint density at radius 2 is 1.96 bits per heavy atom. The second kappa shape index (κ2) is 6.34. The van der Waals surface area contributed by atoms with Gasteiger partial charge in [0.15, 0.2) is 0 Å². The van der Waals surface area contributed by atoms with E-state index < -0.39 is 28.0 Å². The fourth-order valence-corrected chi connectivity index (χ4v) is 1.76. The van der Waals surface area contributed by atoms with Crippen molar-refractivity contribution in [1.82, 2.24) is 0 Å². The van der Waals surface area contributed by atoms with Crippen molar-refractivity contribution >= 4 is 17.6 Å². The summed E-state index contributed by atoms with van der Waals surface area (Å²) in [6.45, 7) is 0. The summed E-state index contributed by atoms with van der Waals surface area (Å²) < 4.78 is 38.8. The first kappa shape index (κ1) is 16.3. The van der Waals surface area contributed by atoms with E-state index in [0.717, 1.165) is 12.1 Å². The van der Waals surface area contributed by atoms with E-state index in [1.165, 1.54) is 18.3 Å². The zero-order valence-corrected chi connectivity index (χ0v) is 11.4. The average Bonchev–Trinajstić information content (AvgIpc) is 2.46. The van der Waals surface area contributed by atoms with Crippen molar-refractivity contribution in [1.29, 1.82) is 0 Å². The zero-order valence-electron chi connectivity index (χ0n) is 11.4. The lowest BCUT2D eigenvalue weighted by Gasteiger charge is -2.11. The van der Waals surface area contributed by atoms with Crippen LogP contribution in [0.25, 0.3) is 0 Å². The van der Waals surface area contributed by atoms with Crippen molar-refractivity contribution in [2.24, 2.45) is 5.10 Å². The van der Waals surface area contributed by atoms with Crippen LogP contribution in [0.2, 0.25) is 0 Å². The number of hydrogen-bond donors (Lipinski definition) is 2. The summed E-state index contributed by atoms with van der Waals surface area (Å²) in [5, 5.41) is 23.5. The number of non-ortho nitro benzene ring substituents is 1. The molecule has 2 rings (SSSR count). The maximum atomic E-state index is 12.9. The molecule has 0 amide bonds. The lowest BCUT2D eigenvalue weighted by atomic mass is 10.1. The van der Waals surface area contributed by atoms with Gasteiger partial charge in [-0.05, 0) is 23.8 Å². The molecule has 0 fully saturated rings. The molecule has 6 nitrogen and oxygen atoms in total. The molecule has 0 saturated carbocycles. The fraction of sp³-hybridized carbons (Fsp3) is 0.0714. The van der Waals surface area contributed by atoms with E-state index in [2.05, 4.69) is 10.5 Å². The Morgan fingerprint density at radius 3 is 2.57 bits per heavy atom. The number of benzene rings is 2. The minimum absolute atomic E-state index is 0.0136. The minimum Gasteiger partial charge on any atom is -0.508 e. The van der Waals surface area contributed by atoms with Crippen molar-refractivity contribution in [2.45, 2.75) is 6.18 Å². The molecule has 2 aromatic rings. The highest BCUT2D eigenvalue weighted by Gasteiger charge is 2.35. The summed E-state index contributed by atoms with van der Waals surface area (Å²) in [5.41, 5.74) is 0.386. The van der Waals surface area contributed by atoms with Crippen molar-refractivity contribution < 1.29 is 23.2 Å². The summed E-state index contributed by atoms with van der Waals surface area (Å²) in [7, 11) is 0. The van der Waals surface area contributed by atoms with Gasteiger partial charge in [-0.3, -0.25) is 15.5 Å². The largest absolute Gasteiger partial charge is 0.508 e. The van der Waals surface area contributed by atoms with Crippen LogP contribution in [0.1, 0.15) is 11.1 Å². The average molecular weight is 325 g/mol. The monoisotopic (exact) mass is 325 g/mol. The van der Waals surface area contributed by atoms with Crippen molar-refractivity contribution in [3.8, 4) is 5.75 Å². The van der Waals surface area contributed by atoms with Gasteiger partial charge in [0.1, 0.15) is 5.75 Å². The maximum Gasteiger partial charge on any atom is 0.418 e. The molecule has 2 aromatic carbocycles. The van der Waals surface area contributed by atoms with Crippen LogP contribution in [-0.4, -0.2) is 16.2 Å². The molecule has 0 radical (unpaired) electrons. The van der Waals surface area contributed by atoms with E-state index in [4.69, 9.17) is 0 Å². The normalized spacial score (nSPS) is 11.6. The number of nitro benzene ring substituents is 1. The highest BCUT2D eigenvalue weighted by Crippen LogP contribution is 2.37. The van der Waals surface area contributed by atoms with Crippen LogP contribution in [0.4, 0.5) is 24.5 Å². The standard InChI is InChI=1S/C14H10F3N3O3/c15-14(16,17)12-7-10(20(22)23)4-5-13(12)19-18-8-9-2-1-3-11(21)6-9/h1-8,19,21H/b18-8+. The van der Waals surface area contributed by atoms with E-state index in [1.54, 1.807) is 12.1 Å². The summed E-state index contributed by atoms with van der Waals surface area (Å²) in [5.74, 6) is -0.0136. The van der Waals surface area contributed by atoms with Gasteiger partial charge in [-0.2, -0.15) is 18.3 Å². The van der Waals surface area contributed by atoms with Gasteiger partial charge in [-0.1, -0.05) is 12.1 Å². The van der Waals surface area contributed by atoms with E-state index in [-0.39, 0.29) is 5.75 Å². The fourth-order valence-electron chi connectivity index (χ4n) is 1.76. The summed E-state index contributed by atoms with van der Waals surface area (Å²) in [4.78, 5) is 9.68. The number of nitrogens with zero attached hydrogens (tertiary/aromatic N) is 2. The van der Waals surface area contributed by atoms with Crippen LogP contribution >= 0.6 is 0 Å². The molecule has 2 N–H and O–H groups in total. The van der Waals surface area contributed by atoms with Gasteiger partial charge in [0, 0.05) is 12.1 Å². The number of halogens is 3. The second-order valence-electron chi connectivity index (χ2n) is 4.45. The third-order valence-corrected chi connectivity index (χ3v) is 2.79. The second-order valence-corrected chi connectivity index (χ2v) is 4.45. The van der Waals surface area contributed by atoms with Crippen molar-refractivity contribution in [3.05, 3.63) is 63.7 Å². The smallest absolute Gasteiger partial charge is 0.418 e. The molecule has 23 heavy (non-hydrogen) atoms. The molecule has 0 aliphatic carbocycles. The highest BCUT2D eigenvalue weighted by atomic mass is 19.4. The molecule has 0 unspecified atom stereocenters. The number of rotatable bonds is 4. The summed E-state index contributed by atoms with van der Waals surface area (Å²) in [6, 6.07) is 8.25. The number of nitro groups is 1. The van der Waals surface area contributed by atoms with Gasteiger partial charge < -0.3 is 5.11 Å². The van der Waals surface area contributed by atoms with Gasteiger partial charge in [0.05, 0.1) is 22.4 Å². The first-order chi connectivity index (χ1) is 10.8.